The maximum Gasteiger partial charge on any atom is 0.244 e. The fourth-order valence-electron chi connectivity index (χ4n) is 5.59. The lowest BCUT2D eigenvalue weighted by Crippen LogP contribution is -2.60. The van der Waals surface area contributed by atoms with Gasteiger partial charge in [-0.1, -0.05) is 74.5 Å². The first-order valence-electron chi connectivity index (χ1n) is 11.5. The highest BCUT2D eigenvalue weighted by Crippen LogP contribution is 2.56. The number of methoxy groups -OCH3 is 2. The zero-order chi connectivity index (χ0) is 23.9. The molecule has 3 aromatic rings. The summed E-state index contributed by atoms with van der Waals surface area (Å²) in [6.07, 6.45) is 4.29. The Morgan fingerprint density at radius 3 is 2.35 bits per heavy atom. The van der Waals surface area contributed by atoms with Crippen LogP contribution in [0.25, 0.3) is 6.08 Å². The Hall–Kier alpha value is -3.73. The molecule has 5 nitrogen and oxygen atoms in total. The SMILES string of the molecule is COc1ccc(/C=C\[C@@]23N(Cc4ccccc4)C(=O)CN2c2ccccc2C3(C)C)cc1OC. The van der Waals surface area contributed by atoms with Crippen molar-refractivity contribution >= 4 is 17.7 Å². The van der Waals surface area contributed by atoms with Crippen molar-refractivity contribution in [2.75, 3.05) is 25.7 Å². The average molecular weight is 455 g/mol. The number of nitrogens with zero attached hydrogens (tertiary/aromatic N) is 2. The number of anilines is 1. The zero-order valence-corrected chi connectivity index (χ0v) is 20.1. The van der Waals surface area contributed by atoms with Gasteiger partial charge >= 0.3 is 0 Å². The monoisotopic (exact) mass is 454 g/mol. The van der Waals surface area contributed by atoms with Crippen LogP contribution in [0.5, 0.6) is 11.5 Å². The minimum absolute atomic E-state index is 0.128. The highest BCUT2D eigenvalue weighted by atomic mass is 16.5. The van der Waals surface area contributed by atoms with Gasteiger partial charge in [0, 0.05) is 17.6 Å². The molecule has 174 valence electrons. The zero-order valence-electron chi connectivity index (χ0n) is 20.1. The summed E-state index contributed by atoms with van der Waals surface area (Å²) in [6, 6.07) is 24.5. The van der Waals surface area contributed by atoms with Crippen LogP contribution in [0, 0.1) is 0 Å². The number of hydrogen-bond acceptors (Lipinski definition) is 4. The number of amides is 1. The molecule has 1 atom stereocenters. The van der Waals surface area contributed by atoms with Crippen molar-refractivity contribution in [3.63, 3.8) is 0 Å². The number of para-hydroxylation sites is 1. The van der Waals surface area contributed by atoms with Gasteiger partial charge in [-0.15, -0.1) is 0 Å². The predicted octanol–water partition coefficient (Wildman–Crippen LogP) is 5.25. The molecule has 0 aromatic heterocycles. The van der Waals surface area contributed by atoms with Gasteiger partial charge < -0.3 is 19.3 Å². The first-order chi connectivity index (χ1) is 16.4. The minimum atomic E-state index is -0.642. The second-order valence-electron chi connectivity index (χ2n) is 9.37. The third-order valence-electron chi connectivity index (χ3n) is 7.30. The van der Waals surface area contributed by atoms with E-state index in [9.17, 15) is 4.79 Å². The van der Waals surface area contributed by atoms with Crippen LogP contribution in [-0.2, 0) is 16.8 Å². The van der Waals surface area contributed by atoms with Crippen LogP contribution in [0.2, 0.25) is 0 Å². The van der Waals surface area contributed by atoms with Crippen LogP contribution in [0.1, 0.15) is 30.5 Å². The molecule has 3 aromatic carbocycles. The van der Waals surface area contributed by atoms with Gasteiger partial charge in [0.25, 0.3) is 0 Å². The van der Waals surface area contributed by atoms with Gasteiger partial charge in [-0.2, -0.15) is 0 Å². The number of carbonyl (C=O) groups is 1. The molecule has 1 saturated heterocycles. The highest BCUT2D eigenvalue weighted by Gasteiger charge is 2.63. The summed E-state index contributed by atoms with van der Waals surface area (Å²) in [4.78, 5) is 17.8. The van der Waals surface area contributed by atoms with E-state index in [0.717, 1.165) is 16.8 Å². The van der Waals surface area contributed by atoms with Crippen molar-refractivity contribution in [2.45, 2.75) is 31.5 Å². The normalized spacial score (nSPS) is 20.5. The van der Waals surface area contributed by atoms with Crippen molar-refractivity contribution in [3.8, 4) is 11.5 Å². The summed E-state index contributed by atoms with van der Waals surface area (Å²) in [7, 11) is 3.27. The van der Waals surface area contributed by atoms with E-state index in [1.54, 1.807) is 14.2 Å². The summed E-state index contributed by atoms with van der Waals surface area (Å²) in [5.74, 6) is 1.50. The molecule has 5 heteroatoms. The molecule has 5 rings (SSSR count). The molecule has 0 aliphatic carbocycles. The largest absolute Gasteiger partial charge is 0.493 e. The molecule has 0 bridgehead atoms. The Morgan fingerprint density at radius 2 is 1.62 bits per heavy atom. The number of rotatable bonds is 6. The van der Waals surface area contributed by atoms with Crippen molar-refractivity contribution in [3.05, 3.63) is 95.6 Å². The minimum Gasteiger partial charge on any atom is -0.493 e. The van der Waals surface area contributed by atoms with Crippen molar-refractivity contribution < 1.29 is 14.3 Å². The maximum atomic E-state index is 13.5. The fourth-order valence-corrected chi connectivity index (χ4v) is 5.59. The standard InChI is InChI=1S/C29H30N2O3/c1-28(2)23-12-8-9-13-24(23)30-20-27(32)31(19-22-10-6-5-7-11-22)29(28,30)17-16-21-14-15-25(33-3)26(18-21)34-4/h5-18H,19-20H2,1-4H3/b17-16-/t29-/m0/s1. The lowest BCUT2D eigenvalue weighted by molar-refractivity contribution is -0.131. The lowest BCUT2D eigenvalue weighted by atomic mass is 9.74. The quantitative estimate of drug-likeness (QED) is 0.510. The molecular weight excluding hydrogens is 424 g/mol. The predicted molar refractivity (Wildman–Crippen MR) is 135 cm³/mol. The molecule has 1 amide bonds. The van der Waals surface area contributed by atoms with Crippen LogP contribution < -0.4 is 14.4 Å². The smallest absolute Gasteiger partial charge is 0.244 e. The number of carbonyl (C=O) groups excluding carboxylic acids is 1. The van der Waals surface area contributed by atoms with Crippen molar-refractivity contribution in [1.82, 2.24) is 4.90 Å². The molecule has 0 radical (unpaired) electrons. The van der Waals surface area contributed by atoms with E-state index in [4.69, 9.17) is 9.47 Å². The lowest BCUT2D eigenvalue weighted by Gasteiger charge is -2.46. The Labute approximate surface area is 201 Å². The summed E-state index contributed by atoms with van der Waals surface area (Å²) in [5, 5.41) is 0. The summed E-state index contributed by atoms with van der Waals surface area (Å²) >= 11 is 0. The maximum absolute atomic E-state index is 13.5. The van der Waals surface area contributed by atoms with Gasteiger partial charge in [0.1, 0.15) is 5.66 Å². The van der Waals surface area contributed by atoms with Crippen LogP contribution in [0.3, 0.4) is 0 Å². The molecular formula is C29H30N2O3. The molecule has 1 fully saturated rings. The molecule has 2 aliphatic rings. The van der Waals surface area contributed by atoms with Crippen LogP contribution >= 0.6 is 0 Å². The third-order valence-corrected chi connectivity index (χ3v) is 7.30. The van der Waals surface area contributed by atoms with Crippen molar-refractivity contribution in [1.29, 1.82) is 0 Å². The first kappa shape index (κ1) is 22.1. The van der Waals surface area contributed by atoms with E-state index in [1.807, 2.05) is 47.4 Å². The molecule has 2 aliphatic heterocycles. The number of fused-ring (bicyclic) bond motifs is 3. The molecule has 34 heavy (non-hydrogen) atoms. The van der Waals surface area contributed by atoms with E-state index >= 15 is 0 Å². The van der Waals surface area contributed by atoms with Gasteiger partial charge in [0.05, 0.1) is 20.8 Å². The van der Waals surface area contributed by atoms with E-state index in [2.05, 4.69) is 61.2 Å². The Morgan fingerprint density at radius 1 is 0.912 bits per heavy atom. The van der Waals surface area contributed by atoms with Gasteiger partial charge in [-0.05, 0) is 41.0 Å². The van der Waals surface area contributed by atoms with Crippen molar-refractivity contribution in [2.24, 2.45) is 0 Å². The number of benzene rings is 3. The Bertz CT molecular complexity index is 1250. The molecule has 0 N–H and O–H groups in total. The van der Waals surface area contributed by atoms with Crippen LogP contribution in [0.4, 0.5) is 5.69 Å². The molecule has 2 heterocycles. The fraction of sp³-hybridized carbons (Fsp3) is 0.276. The first-order valence-corrected chi connectivity index (χ1v) is 11.5. The highest BCUT2D eigenvalue weighted by molar-refractivity contribution is 5.91. The van der Waals surface area contributed by atoms with Gasteiger partial charge in [-0.25, -0.2) is 0 Å². The number of ether oxygens (including phenoxy) is 2. The summed E-state index contributed by atoms with van der Waals surface area (Å²) in [5.41, 5.74) is 3.49. The topological polar surface area (TPSA) is 42.0 Å². The van der Waals surface area contributed by atoms with Crippen LogP contribution in [0.15, 0.2) is 78.9 Å². The van der Waals surface area contributed by atoms with E-state index in [1.165, 1.54) is 5.56 Å². The summed E-state index contributed by atoms with van der Waals surface area (Å²) in [6.45, 7) is 5.37. The third kappa shape index (κ3) is 3.18. The number of hydrogen-bond donors (Lipinski definition) is 0. The average Bonchev–Trinajstić information content (AvgIpc) is 3.24. The van der Waals surface area contributed by atoms with E-state index in [-0.39, 0.29) is 11.3 Å². The van der Waals surface area contributed by atoms with Gasteiger partial charge in [0.15, 0.2) is 11.5 Å². The Kier molecular flexibility index (Phi) is 5.35. The molecule has 0 saturated carbocycles. The molecule has 0 unspecified atom stereocenters. The Balaban J connectivity index is 1.65. The van der Waals surface area contributed by atoms with Crippen LogP contribution in [-0.4, -0.2) is 37.2 Å². The second-order valence-corrected chi connectivity index (χ2v) is 9.37. The second kappa shape index (κ2) is 8.24. The van der Waals surface area contributed by atoms with E-state index in [0.29, 0.717) is 24.6 Å². The van der Waals surface area contributed by atoms with Gasteiger partial charge in [0.2, 0.25) is 5.91 Å². The molecule has 0 spiro atoms. The van der Waals surface area contributed by atoms with Gasteiger partial charge in [-0.3, -0.25) is 4.79 Å². The summed E-state index contributed by atoms with van der Waals surface area (Å²) < 4.78 is 10.9. The van der Waals surface area contributed by atoms with E-state index < -0.39 is 5.66 Å².